The third-order valence-corrected chi connectivity index (χ3v) is 6.96. The molecule has 1 saturated carbocycles. The largest absolute Gasteiger partial charge is 0.372 e. The van der Waals surface area contributed by atoms with Crippen LogP contribution in [0, 0.1) is 17.8 Å². The zero-order chi connectivity index (χ0) is 19.7. The molecule has 0 N–H and O–H groups in total. The van der Waals surface area contributed by atoms with Crippen LogP contribution in [0.4, 0.5) is 0 Å². The normalized spacial score (nSPS) is 47.3. The van der Waals surface area contributed by atoms with Gasteiger partial charge in [0.15, 0.2) is 5.79 Å². The molecule has 2 bridgehead atoms. The van der Waals surface area contributed by atoms with Gasteiger partial charge in [0.05, 0.1) is 29.3 Å². The summed E-state index contributed by atoms with van der Waals surface area (Å²) in [6.45, 7) is 12.0. The molecule has 8 atom stereocenters. The lowest BCUT2D eigenvalue weighted by atomic mass is 9.55. The summed E-state index contributed by atoms with van der Waals surface area (Å²) in [6.07, 6.45) is 5.69. The molecule has 4 aliphatic carbocycles. The number of halogens is 2. The maximum atomic E-state index is 7.23. The van der Waals surface area contributed by atoms with E-state index in [9.17, 15) is 0 Å². The first kappa shape index (κ1) is 20.2. The van der Waals surface area contributed by atoms with Crippen LogP contribution in [0.2, 0.25) is 0 Å². The molecule has 1 saturated heterocycles. The Hall–Kier alpha value is -0.100. The molecule has 5 aliphatic rings. The minimum absolute atomic E-state index is 0.0104. The maximum Gasteiger partial charge on any atom is 0.163 e. The summed E-state index contributed by atoms with van der Waals surface area (Å²) >= 11 is 14.0. The van der Waals surface area contributed by atoms with Crippen molar-refractivity contribution in [2.75, 3.05) is 0 Å². The molecule has 0 unspecified atom stereocenters. The van der Waals surface area contributed by atoms with Crippen molar-refractivity contribution in [2.45, 2.75) is 88.8 Å². The highest BCUT2D eigenvalue weighted by molar-refractivity contribution is 6.31. The Morgan fingerprint density at radius 3 is 2.37 bits per heavy atom. The van der Waals surface area contributed by atoms with Crippen LogP contribution < -0.4 is 0 Å². The minimum Gasteiger partial charge on any atom is -0.372 e. The molecule has 0 aromatic carbocycles. The van der Waals surface area contributed by atoms with Crippen LogP contribution in [-0.4, -0.2) is 47.3 Å². The van der Waals surface area contributed by atoms with Gasteiger partial charge >= 0.3 is 0 Å². The summed E-state index contributed by atoms with van der Waals surface area (Å²) in [5, 5.41) is 0.673. The Morgan fingerprint density at radius 1 is 1.07 bits per heavy atom. The van der Waals surface area contributed by atoms with E-state index in [4.69, 9.17) is 42.1 Å². The van der Waals surface area contributed by atoms with Gasteiger partial charge in [0.2, 0.25) is 0 Å². The number of rotatable bonds is 4. The van der Waals surface area contributed by atoms with Crippen LogP contribution in [0.3, 0.4) is 0 Å². The Kier molecular flexibility index (Phi) is 5.02. The quantitative estimate of drug-likeness (QED) is 0.493. The van der Waals surface area contributed by atoms with Crippen molar-refractivity contribution >= 4 is 23.2 Å². The van der Waals surface area contributed by atoms with E-state index < -0.39 is 10.7 Å². The van der Waals surface area contributed by atoms with Gasteiger partial charge in [-0.25, -0.2) is 0 Å². The summed E-state index contributed by atoms with van der Waals surface area (Å²) in [6, 6.07) is 0. The first-order chi connectivity index (χ1) is 12.5. The molecular weight excluding hydrogens is 387 g/mol. The molecule has 4 nitrogen and oxygen atoms in total. The monoisotopic (exact) mass is 416 g/mol. The van der Waals surface area contributed by atoms with E-state index in [1.165, 1.54) is 0 Å². The zero-order valence-electron chi connectivity index (χ0n) is 16.8. The molecule has 27 heavy (non-hydrogen) atoms. The molecule has 6 heteroatoms. The van der Waals surface area contributed by atoms with Gasteiger partial charge in [-0.1, -0.05) is 29.8 Å². The SMILES string of the molecule is CC(C)O[C@H]1[C@@H]2[C@@H]3C=C[C@](Cl)([C@@H]2C=C(Cl)[C@H]1OC(C)C)[C@H]1OC(C)(C)O[C@@H]31. The Bertz CT molecular complexity index is 659. The topological polar surface area (TPSA) is 36.9 Å². The summed E-state index contributed by atoms with van der Waals surface area (Å²) in [7, 11) is 0. The third kappa shape index (κ3) is 3.21. The second-order valence-corrected chi connectivity index (χ2v) is 10.3. The Labute approximate surface area is 172 Å². The lowest BCUT2D eigenvalue weighted by molar-refractivity contribution is -0.163. The van der Waals surface area contributed by atoms with Gasteiger partial charge in [0.1, 0.15) is 12.2 Å². The molecule has 5 rings (SSSR count). The number of ether oxygens (including phenoxy) is 4. The van der Waals surface area contributed by atoms with Gasteiger partial charge < -0.3 is 18.9 Å². The van der Waals surface area contributed by atoms with E-state index in [-0.39, 0.29) is 54.4 Å². The van der Waals surface area contributed by atoms with Gasteiger partial charge in [-0.15, -0.1) is 11.6 Å². The van der Waals surface area contributed by atoms with Gasteiger partial charge in [-0.05, 0) is 41.5 Å². The summed E-state index contributed by atoms with van der Waals surface area (Å²) in [5.74, 6) is -0.371. The Balaban J connectivity index is 1.77. The average molecular weight is 417 g/mol. The van der Waals surface area contributed by atoms with E-state index in [2.05, 4.69) is 18.2 Å². The molecule has 0 aromatic heterocycles. The molecular formula is C21H30Cl2O4. The van der Waals surface area contributed by atoms with Crippen molar-refractivity contribution < 1.29 is 18.9 Å². The van der Waals surface area contributed by atoms with Gasteiger partial charge in [-0.2, -0.15) is 0 Å². The molecule has 152 valence electrons. The summed E-state index contributed by atoms with van der Waals surface area (Å²) in [5.41, 5.74) is 0. The first-order valence-electron chi connectivity index (χ1n) is 9.95. The molecule has 0 aromatic rings. The van der Waals surface area contributed by atoms with Crippen LogP contribution >= 0.6 is 23.2 Å². The standard InChI is InChI=1S/C21H30Cl2O4/c1-10(2)24-17-14(22)9-13-15(18(17)25-11(3)4)12-7-8-21(13,23)19-16(12)26-20(5,6)27-19/h7-13,15-19H,1-6H3/t12-,13+,15+,16-,17+,18-,19-,21-/m0/s1. The fourth-order valence-corrected chi connectivity index (χ4v) is 6.02. The molecule has 2 fully saturated rings. The third-order valence-electron chi connectivity index (χ3n) is 6.02. The molecule has 0 amide bonds. The van der Waals surface area contributed by atoms with Crippen LogP contribution in [0.25, 0.3) is 0 Å². The maximum absolute atomic E-state index is 7.23. The van der Waals surface area contributed by atoms with E-state index in [0.29, 0.717) is 5.03 Å². The minimum atomic E-state index is -0.695. The van der Waals surface area contributed by atoms with Crippen molar-refractivity contribution in [3.8, 4) is 0 Å². The van der Waals surface area contributed by atoms with E-state index in [0.717, 1.165) is 0 Å². The van der Waals surface area contributed by atoms with Crippen LogP contribution in [0.5, 0.6) is 0 Å². The number of hydrogen-bond donors (Lipinski definition) is 0. The van der Waals surface area contributed by atoms with Crippen molar-refractivity contribution in [2.24, 2.45) is 17.8 Å². The Morgan fingerprint density at radius 2 is 1.74 bits per heavy atom. The number of alkyl halides is 1. The molecule has 0 spiro atoms. The number of hydrogen-bond acceptors (Lipinski definition) is 4. The lowest BCUT2D eigenvalue weighted by Gasteiger charge is -2.58. The van der Waals surface area contributed by atoms with Crippen molar-refractivity contribution in [3.05, 3.63) is 23.3 Å². The van der Waals surface area contributed by atoms with Crippen molar-refractivity contribution in [1.29, 1.82) is 0 Å². The highest BCUT2D eigenvalue weighted by Gasteiger charge is 2.68. The molecule has 0 radical (unpaired) electrons. The highest BCUT2D eigenvalue weighted by atomic mass is 35.5. The first-order valence-corrected chi connectivity index (χ1v) is 10.7. The second kappa shape index (κ2) is 6.72. The van der Waals surface area contributed by atoms with E-state index in [1.54, 1.807) is 0 Å². The van der Waals surface area contributed by atoms with Crippen LogP contribution in [-0.2, 0) is 18.9 Å². The molecule has 1 aliphatic heterocycles. The lowest BCUT2D eigenvalue weighted by Crippen LogP contribution is -2.66. The average Bonchev–Trinajstić information content (AvgIpc) is 2.88. The predicted octanol–water partition coefficient (Wildman–Crippen LogP) is 4.64. The fourth-order valence-electron chi connectivity index (χ4n) is 5.26. The van der Waals surface area contributed by atoms with E-state index in [1.807, 2.05) is 41.5 Å². The molecule has 1 heterocycles. The van der Waals surface area contributed by atoms with Gasteiger partial charge in [-0.3, -0.25) is 0 Å². The fraction of sp³-hybridized carbons (Fsp3) is 0.810. The van der Waals surface area contributed by atoms with Crippen molar-refractivity contribution in [3.63, 3.8) is 0 Å². The second-order valence-electron chi connectivity index (χ2n) is 9.19. The van der Waals surface area contributed by atoms with Crippen molar-refractivity contribution in [1.82, 2.24) is 0 Å². The predicted molar refractivity (Wildman–Crippen MR) is 106 cm³/mol. The summed E-state index contributed by atoms with van der Waals surface area (Å²) < 4.78 is 25.1. The zero-order valence-corrected chi connectivity index (χ0v) is 18.3. The van der Waals surface area contributed by atoms with Gasteiger partial charge in [0.25, 0.3) is 0 Å². The smallest absolute Gasteiger partial charge is 0.163 e. The van der Waals surface area contributed by atoms with Crippen LogP contribution in [0.1, 0.15) is 41.5 Å². The van der Waals surface area contributed by atoms with Crippen LogP contribution in [0.15, 0.2) is 23.3 Å². The van der Waals surface area contributed by atoms with Gasteiger partial charge in [0, 0.05) is 22.8 Å². The number of allylic oxidation sites excluding steroid dienone is 1. The highest BCUT2D eigenvalue weighted by Crippen LogP contribution is 2.60. The van der Waals surface area contributed by atoms with E-state index >= 15 is 0 Å². The summed E-state index contributed by atoms with van der Waals surface area (Å²) in [4.78, 5) is -0.695.